The van der Waals surface area contributed by atoms with E-state index in [1.54, 1.807) is 12.1 Å². The van der Waals surface area contributed by atoms with Gasteiger partial charge in [0.05, 0.1) is 28.1 Å². The van der Waals surface area contributed by atoms with Crippen LogP contribution in [0.2, 0.25) is 0 Å². The largest absolute Gasteiger partial charge is 1.00 e. The van der Waals surface area contributed by atoms with Crippen molar-refractivity contribution in [2.24, 2.45) is 0 Å². The van der Waals surface area contributed by atoms with Gasteiger partial charge in [-0.3, -0.25) is 14.1 Å². The van der Waals surface area contributed by atoms with E-state index in [1.807, 2.05) is 0 Å². The Hall–Kier alpha value is -3.02. The Bertz CT molecular complexity index is 1420. The molecule has 0 unspecified atom stereocenters. The Labute approximate surface area is 205 Å². The molecule has 11 heteroatoms. The Morgan fingerprint density at radius 3 is 2.09 bits per heavy atom. The van der Waals surface area contributed by atoms with Gasteiger partial charge in [-0.15, -0.1) is 0 Å². The van der Waals surface area contributed by atoms with E-state index in [9.17, 15) is 32.5 Å². The van der Waals surface area contributed by atoms with Gasteiger partial charge in [-0.1, -0.05) is 30.3 Å². The molecule has 3 aromatic carbocycles. The smallest absolute Gasteiger partial charge is 1.00 e. The molecule has 158 valence electrons. The zero-order valence-corrected chi connectivity index (χ0v) is 19.4. The first-order valence-corrected chi connectivity index (χ1v) is 10.3. The van der Waals surface area contributed by atoms with Crippen molar-refractivity contribution in [2.45, 2.75) is 4.90 Å². The fraction of sp³-hybridized carbons (Fsp3) is 0. The average Bonchev–Trinajstić information content (AvgIpc) is 2.72. The standard InChI is InChI=1S/C21H14N2O7S.Na.H/c22-18-15(31(28,29)30)9-14(23-11-5-3-4-10(8-11)21(26)27)16-17(18)20(25)13-7-2-1-6-12(13)19(16)24;;/h1-9,23H,22H2,(H,26,27)(H,28,29,30);;/q;+1;-1. The second kappa shape index (κ2) is 8.49. The van der Waals surface area contributed by atoms with Crippen molar-refractivity contribution >= 4 is 44.7 Å². The zero-order chi connectivity index (χ0) is 22.5. The van der Waals surface area contributed by atoms with Crippen LogP contribution in [0.3, 0.4) is 0 Å². The molecule has 0 aliphatic heterocycles. The maximum atomic E-state index is 13.2. The molecule has 9 nitrogen and oxygen atoms in total. The van der Waals surface area contributed by atoms with Crippen LogP contribution >= 0.6 is 0 Å². The maximum absolute atomic E-state index is 13.2. The number of nitrogens with two attached hydrogens (primary N) is 1. The van der Waals surface area contributed by atoms with Gasteiger partial charge in [-0.2, -0.15) is 8.42 Å². The van der Waals surface area contributed by atoms with Crippen molar-refractivity contribution in [2.75, 3.05) is 11.1 Å². The van der Waals surface area contributed by atoms with Gasteiger partial charge in [-0.05, 0) is 24.3 Å². The summed E-state index contributed by atoms with van der Waals surface area (Å²) in [5.41, 5.74) is 5.04. The summed E-state index contributed by atoms with van der Waals surface area (Å²) < 4.78 is 33.4. The van der Waals surface area contributed by atoms with Crippen LogP contribution < -0.4 is 40.6 Å². The van der Waals surface area contributed by atoms with E-state index in [2.05, 4.69) is 5.32 Å². The Kier molecular flexibility index (Phi) is 6.27. The number of hydrogen-bond acceptors (Lipinski definition) is 7. The number of carbonyl (C=O) groups is 3. The zero-order valence-electron chi connectivity index (χ0n) is 17.6. The molecule has 4 rings (SSSR count). The number of anilines is 3. The van der Waals surface area contributed by atoms with Gasteiger partial charge in [0.1, 0.15) is 4.90 Å². The number of carbonyl (C=O) groups excluding carboxylic acids is 2. The Morgan fingerprint density at radius 2 is 1.53 bits per heavy atom. The van der Waals surface area contributed by atoms with Crippen LogP contribution in [0.5, 0.6) is 0 Å². The quantitative estimate of drug-likeness (QED) is 0.183. The predicted octanol–water partition coefficient (Wildman–Crippen LogP) is -0.151. The molecule has 1 aliphatic carbocycles. The predicted molar refractivity (Wildman–Crippen MR) is 112 cm³/mol. The van der Waals surface area contributed by atoms with Crippen molar-refractivity contribution < 1.29 is 63.4 Å². The summed E-state index contributed by atoms with van der Waals surface area (Å²) in [7, 11) is -4.84. The minimum Gasteiger partial charge on any atom is -1.00 e. The van der Waals surface area contributed by atoms with Crippen LogP contribution in [0.4, 0.5) is 17.1 Å². The van der Waals surface area contributed by atoms with Crippen molar-refractivity contribution in [1.29, 1.82) is 0 Å². The van der Waals surface area contributed by atoms with Crippen molar-refractivity contribution in [3.63, 3.8) is 0 Å². The molecule has 0 atom stereocenters. The second-order valence-electron chi connectivity index (χ2n) is 6.78. The number of benzene rings is 3. The minimum atomic E-state index is -4.84. The molecule has 0 saturated heterocycles. The maximum Gasteiger partial charge on any atom is 1.00 e. The molecular weight excluding hydrogens is 447 g/mol. The third-order valence-corrected chi connectivity index (χ3v) is 5.76. The molecule has 0 radical (unpaired) electrons. The van der Waals surface area contributed by atoms with E-state index in [4.69, 9.17) is 5.73 Å². The van der Waals surface area contributed by atoms with Crippen LogP contribution in [-0.4, -0.2) is 35.6 Å². The van der Waals surface area contributed by atoms with Gasteiger partial charge < -0.3 is 17.6 Å². The number of carboxylic acids is 1. The molecular formula is C21H15N2NaO7S. The number of aromatic carboxylic acids is 1. The summed E-state index contributed by atoms with van der Waals surface area (Å²) in [6.07, 6.45) is 0. The fourth-order valence-electron chi connectivity index (χ4n) is 3.49. The number of rotatable bonds is 4. The average molecular weight is 462 g/mol. The molecule has 1 aliphatic rings. The van der Waals surface area contributed by atoms with Crippen LogP contribution in [0.25, 0.3) is 0 Å². The number of nitrogen functional groups attached to an aromatic ring is 1. The number of fused-ring (bicyclic) bond motifs is 2. The normalized spacial score (nSPS) is 12.4. The van der Waals surface area contributed by atoms with Crippen LogP contribution in [0.15, 0.2) is 59.5 Å². The molecule has 32 heavy (non-hydrogen) atoms. The molecule has 0 saturated carbocycles. The summed E-state index contributed by atoms with van der Waals surface area (Å²) in [6.45, 7) is 0. The second-order valence-corrected chi connectivity index (χ2v) is 8.17. The summed E-state index contributed by atoms with van der Waals surface area (Å²) in [5.74, 6) is -2.44. The molecule has 0 heterocycles. The van der Waals surface area contributed by atoms with Crippen LogP contribution in [-0.2, 0) is 10.1 Å². The number of carboxylic acid groups (broad SMARTS) is 1. The summed E-state index contributed by atoms with van der Waals surface area (Å²) in [6, 6.07) is 12.5. The van der Waals surface area contributed by atoms with Crippen LogP contribution in [0, 0.1) is 0 Å². The molecule has 0 bridgehead atoms. The van der Waals surface area contributed by atoms with Gasteiger partial charge in [0.25, 0.3) is 10.1 Å². The third-order valence-electron chi connectivity index (χ3n) is 4.87. The van der Waals surface area contributed by atoms with Gasteiger partial charge in [0.15, 0.2) is 11.6 Å². The first kappa shape index (κ1) is 23.6. The summed E-state index contributed by atoms with van der Waals surface area (Å²) >= 11 is 0. The van der Waals surface area contributed by atoms with Crippen molar-refractivity contribution in [1.82, 2.24) is 0 Å². The Balaban J connectivity index is 0.00000193. The first-order valence-electron chi connectivity index (χ1n) is 8.82. The SMILES string of the molecule is Nc1c(S(=O)(=O)O)cc(Nc2cccc(C(=O)O)c2)c2c1C(=O)c1ccccc1C2=O.[H-].[Na+]. The topological polar surface area (TPSA) is 164 Å². The third kappa shape index (κ3) is 3.94. The van der Waals surface area contributed by atoms with Crippen LogP contribution in [0.1, 0.15) is 43.6 Å². The van der Waals surface area contributed by atoms with Gasteiger partial charge in [0, 0.05) is 16.8 Å². The van der Waals surface area contributed by atoms with E-state index >= 15 is 0 Å². The first-order chi connectivity index (χ1) is 14.6. The summed E-state index contributed by atoms with van der Waals surface area (Å²) in [4.78, 5) is 36.8. The number of nitrogens with one attached hydrogen (secondary N) is 1. The number of ketones is 2. The van der Waals surface area contributed by atoms with Crippen molar-refractivity contribution in [3.8, 4) is 0 Å². The minimum absolute atomic E-state index is 0. The van der Waals surface area contributed by atoms with Gasteiger partial charge >= 0.3 is 35.5 Å². The molecule has 0 amide bonds. The molecule has 5 N–H and O–H groups in total. The van der Waals surface area contributed by atoms with E-state index in [1.165, 1.54) is 36.4 Å². The fourth-order valence-corrected chi connectivity index (χ4v) is 4.14. The molecule has 0 aromatic heterocycles. The van der Waals surface area contributed by atoms with E-state index in [0.717, 1.165) is 6.07 Å². The van der Waals surface area contributed by atoms with Crippen molar-refractivity contribution in [3.05, 3.63) is 82.4 Å². The number of hydrogen-bond donors (Lipinski definition) is 4. The van der Waals surface area contributed by atoms with Gasteiger partial charge in [-0.25, -0.2) is 4.79 Å². The van der Waals surface area contributed by atoms with E-state index in [-0.39, 0.29) is 70.2 Å². The van der Waals surface area contributed by atoms with E-state index in [0.29, 0.717) is 0 Å². The van der Waals surface area contributed by atoms with Gasteiger partial charge in [0.2, 0.25) is 0 Å². The molecule has 0 fully saturated rings. The molecule has 3 aromatic rings. The van der Waals surface area contributed by atoms with E-state index < -0.39 is 38.2 Å². The Morgan fingerprint density at radius 1 is 0.938 bits per heavy atom. The molecule has 0 spiro atoms. The monoisotopic (exact) mass is 462 g/mol. The summed E-state index contributed by atoms with van der Waals surface area (Å²) in [5, 5.41) is 12.0.